The first kappa shape index (κ1) is 15.8. The Morgan fingerprint density at radius 3 is 2.48 bits per heavy atom. The zero-order chi connectivity index (χ0) is 15.2. The lowest BCUT2D eigenvalue weighted by atomic mass is 9.87. The van der Waals surface area contributed by atoms with E-state index in [9.17, 15) is 4.79 Å². The Labute approximate surface area is 127 Å². The highest BCUT2D eigenvalue weighted by atomic mass is 16.1. The fourth-order valence-electron chi connectivity index (χ4n) is 2.93. The Morgan fingerprint density at radius 1 is 1.24 bits per heavy atom. The number of hydrogen-bond acceptors (Lipinski definition) is 3. The lowest BCUT2D eigenvalue weighted by molar-refractivity contribution is -0.116. The number of anilines is 2. The van der Waals surface area contributed by atoms with E-state index in [0.29, 0.717) is 18.2 Å². The number of nitrogens with zero attached hydrogens (tertiary/aromatic N) is 1. The van der Waals surface area contributed by atoms with Crippen LogP contribution in [0.4, 0.5) is 11.4 Å². The highest BCUT2D eigenvalue weighted by molar-refractivity contribution is 5.90. The molecule has 21 heavy (non-hydrogen) atoms. The Hall–Kier alpha value is -1.55. The number of nitrogen functional groups attached to an aromatic ring is 1. The number of nitrogens with two attached hydrogens (primary N) is 1. The van der Waals surface area contributed by atoms with Gasteiger partial charge in [0.15, 0.2) is 0 Å². The maximum Gasteiger partial charge on any atom is 0.225 e. The average molecular weight is 289 g/mol. The molecule has 0 radical (unpaired) electrons. The predicted octanol–water partition coefficient (Wildman–Crippen LogP) is 3.11. The van der Waals surface area contributed by atoms with Crippen LogP contribution in [-0.2, 0) is 4.79 Å². The van der Waals surface area contributed by atoms with Crippen molar-refractivity contribution in [3.05, 3.63) is 24.3 Å². The Bertz CT molecular complexity index is 450. The van der Waals surface area contributed by atoms with Gasteiger partial charge in [-0.2, -0.15) is 0 Å². The second-order valence-corrected chi connectivity index (χ2v) is 6.31. The van der Waals surface area contributed by atoms with Crippen LogP contribution in [0.15, 0.2) is 24.3 Å². The minimum atomic E-state index is 0.0656. The summed E-state index contributed by atoms with van der Waals surface area (Å²) in [6.07, 6.45) is 5.68. The molecule has 0 unspecified atom stereocenters. The Kier molecular flexibility index (Phi) is 5.62. The monoisotopic (exact) mass is 289 g/mol. The first-order valence-electron chi connectivity index (χ1n) is 7.90. The molecule has 1 saturated carbocycles. The summed E-state index contributed by atoms with van der Waals surface area (Å²) in [6.45, 7) is 3.15. The van der Waals surface area contributed by atoms with Crippen LogP contribution in [0.3, 0.4) is 0 Å². The highest BCUT2D eigenvalue weighted by Gasteiger charge is 2.21. The van der Waals surface area contributed by atoms with Gasteiger partial charge in [-0.3, -0.25) is 4.79 Å². The van der Waals surface area contributed by atoms with E-state index >= 15 is 0 Å². The first-order valence-corrected chi connectivity index (χ1v) is 7.90. The van der Waals surface area contributed by atoms with E-state index in [-0.39, 0.29) is 5.91 Å². The number of nitrogens with one attached hydrogen (secondary N) is 1. The van der Waals surface area contributed by atoms with Gasteiger partial charge in [-0.15, -0.1) is 0 Å². The van der Waals surface area contributed by atoms with Crippen molar-refractivity contribution in [2.24, 2.45) is 5.92 Å². The molecule has 1 aromatic rings. The molecule has 0 bridgehead atoms. The number of carbonyl (C=O) groups is 1. The van der Waals surface area contributed by atoms with Crippen LogP contribution in [-0.4, -0.2) is 30.4 Å². The van der Waals surface area contributed by atoms with Crippen molar-refractivity contribution < 1.29 is 4.79 Å². The molecule has 0 aromatic heterocycles. The molecule has 2 rings (SSSR count). The largest absolute Gasteiger partial charge is 0.399 e. The van der Waals surface area contributed by atoms with E-state index < -0.39 is 0 Å². The molecule has 1 aliphatic rings. The van der Waals surface area contributed by atoms with Crippen molar-refractivity contribution in [2.75, 3.05) is 24.6 Å². The molecule has 1 amide bonds. The molecule has 0 spiro atoms. The van der Waals surface area contributed by atoms with Gasteiger partial charge in [0.1, 0.15) is 0 Å². The van der Waals surface area contributed by atoms with Crippen LogP contribution in [0.25, 0.3) is 0 Å². The summed E-state index contributed by atoms with van der Waals surface area (Å²) >= 11 is 0. The summed E-state index contributed by atoms with van der Waals surface area (Å²) in [5.74, 6) is 0.930. The maximum atomic E-state index is 12.0. The quantitative estimate of drug-likeness (QED) is 0.819. The summed E-state index contributed by atoms with van der Waals surface area (Å²) < 4.78 is 0. The first-order chi connectivity index (χ1) is 10.0. The molecule has 1 aliphatic carbocycles. The second kappa shape index (κ2) is 7.46. The molecule has 0 heterocycles. The molecular weight excluding hydrogens is 262 g/mol. The summed E-state index contributed by atoms with van der Waals surface area (Å²) in [5, 5.41) is 2.91. The van der Waals surface area contributed by atoms with Crippen LogP contribution < -0.4 is 11.1 Å². The topological polar surface area (TPSA) is 58.4 Å². The fourth-order valence-corrected chi connectivity index (χ4v) is 2.93. The molecule has 1 aromatic carbocycles. The van der Waals surface area contributed by atoms with Crippen LogP contribution in [0.1, 0.15) is 39.0 Å². The van der Waals surface area contributed by atoms with Gasteiger partial charge in [0, 0.05) is 30.4 Å². The van der Waals surface area contributed by atoms with Crippen molar-refractivity contribution >= 4 is 17.3 Å². The van der Waals surface area contributed by atoms with E-state index in [1.54, 1.807) is 12.1 Å². The second-order valence-electron chi connectivity index (χ2n) is 6.31. The van der Waals surface area contributed by atoms with E-state index in [0.717, 1.165) is 18.2 Å². The predicted molar refractivity (Wildman–Crippen MR) is 88.2 cm³/mol. The van der Waals surface area contributed by atoms with Gasteiger partial charge in [-0.1, -0.05) is 6.92 Å². The highest BCUT2D eigenvalue weighted by Crippen LogP contribution is 2.26. The SMILES string of the molecule is CC1CCC(N(C)CCC(=O)Nc2ccc(N)cc2)CC1. The lowest BCUT2D eigenvalue weighted by Crippen LogP contribution is -2.36. The van der Waals surface area contributed by atoms with Crippen molar-refractivity contribution in [3.63, 3.8) is 0 Å². The summed E-state index contributed by atoms with van der Waals surface area (Å²) in [5.41, 5.74) is 7.15. The van der Waals surface area contributed by atoms with E-state index in [4.69, 9.17) is 5.73 Å². The van der Waals surface area contributed by atoms with E-state index in [1.807, 2.05) is 12.1 Å². The van der Waals surface area contributed by atoms with Crippen LogP contribution in [0, 0.1) is 5.92 Å². The van der Waals surface area contributed by atoms with Crippen LogP contribution in [0.5, 0.6) is 0 Å². The minimum absolute atomic E-state index is 0.0656. The van der Waals surface area contributed by atoms with Crippen LogP contribution >= 0.6 is 0 Å². The van der Waals surface area contributed by atoms with Gasteiger partial charge >= 0.3 is 0 Å². The fraction of sp³-hybridized carbons (Fsp3) is 0.588. The van der Waals surface area contributed by atoms with Gasteiger partial charge in [0.05, 0.1) is 0 Å². The number of carbonyl (C=O) groups excluding carboxylic acids is 1. The van der Waals surface area contributed by atoms with E-state index in [1.165, 1.54) is 25.7 Å². The number of rotatable bonds is 5. The number of hydrogen-bond donors (Lipinski definition) is 2. The van der Waals surface area contributed by atoms with Crippen molar-refractivity contribution in [1.82, 2.24) is 4.90 Å². The van der Waals surface area contributed by atoms with Crippen molar-refractivity contribution in [2.45, 2.75) is 45.1 Å². The molecular formula is C17H27N3O. The van der Waals surface area contributed by atoms with Gasteiger partial charge in [-0.25, -0.2) is 0 Å². The average Bonchev–Trinajstić information content (AvgIpc) is 2.48. The molecule has 4 heteroatoms. The molecule has 0 saturated heterocycles. The maximum absolute atomic E-state index is 12.0. The third-order valence-corrected chi connectivity index (χ3v) is 4.49. The summed E-state index contributed by atoms with van der Waals surface area (Å²) in [6, 6.07) is 7.90. The molecule has 4 nitrogen and oxygen atoms in total. The standard InChI is InChI=1S/C17H27N3O/c1-13-3-9-16(10-4-13)20(2)12-11-17(21)19-15-7-5-14(18)6-8-15/h5-8,13,16H,3-4,9-12,18H2,1-2H3,(H,19,21). The van der Waals surface area contributed by atoms with Crippen molar-refractivity contribution in [3.8, 4) is 0 Å². The van der Waals surface area contributed by atoms with Crippen molar-refractivity contribution in [1.29, 1.82) is 0 Å². The number of benzene rings is 1. The smallest absolute Gasteiger partial charge is 0.225 e. The molecule has 0 aliphatic heterocycles. The molecule has 0 atom stereocenters. The summed E-state index contributed by atoms with van der Waals surface area (Å²) in [7, 11) is 2.14. The van der Waals surface area contributed by atoms with Gasteiger partial charge in [-0.05, 0) is 62.9 Å². The Balaban J connectivity index is 1.72. The minimum Gasteiger partial charge on any atom is -0.399 e. The number of amides is 1. The Morgan fingerprint density at radius 2 is 1.86 bits per heavy atom. The third-order valence-electron chi connectivity index (χ3n) is 4.49. The van der Waals surface area contributed by atoms with Gasteiger partial charge < -0.3 is 16.0 Å². The normalized spacial score (nSPS) is 22.2. The molecule has 3 N–H and O–H groups in total. The summed E-state index contributed by atoms with van der Waals surface area (Å²) in [4.78, 5) is 14.3. The van der Waals surface area contributed by atoms with Crippen LogP contribution in [0.2, 0.25) is 0 Å². The van der Waals surface area contributed by atoms with E-state index in [2.05, 4.69) is 24.2 Å². The molecule has 1 fully saturated rings. The lowest BCUT2D eigenvalue weighted by Gasteiger charge is -2.33. The zero-order valence-corrected chi connectivity index (χ0v) is 13.1. The van der Waals surface area contributed by atoms with Gasteiger partial charge in [0.25, 0.3) is 0 Å². The zero-order valence-electron chi connectivity index (χ0n) is 13.1. The molecule has 116 valence electrons. The van der Waals surface area contributed by atoms with Gasteiger partial charge in [0.2, 0.25) is 5.91 Å². The third kappa shape index (κ3) is 5.05.